The molecule has 0 spiro atoms. The number of nitro groups is 1. The number of nitrogens with one attached hydrogen (secondary N) is 2. The van der Waals surface area contributed by atoms with Crippen molar-refractivity contribution in [3.8, 4) is 0 Å². The first-order valence-corrected chi connectivity index (χ1v) is 15.9. The van der Waals surface area contributed by atoms with Crippen LogP contribution < -0.4 is 16.4 Å². The number of nitrogens with two attached hydrogens (primary N) is 1. The number of carbonyl (C=O) groups excluding carboxylic acids is 2. The third-order valence-corrected chi connectivity index (χ3v) is 9.01. The van der Waals surface area contributed by atoms with Crippen molar-refractivity contribution in [1.29, 1.82) is 0 Å². The van der Waals surface area contributed by atoms with Crippen LogP contribution in [0.15, 0.2) is 48.5 Å². The van der Waals surface area contributed by atoms with Crippen molar-refractivity contribution in [3.05, 3.63) is 69.8 Å². The van der Waals surface area contributed by atoms with Gasteiger partial charge in [0.2, 0.25) is 0 Å². The minimum Gasteiger partial charge on any atom is -0.469 e. The summed E-state index contributed by atoms with van der Waals surface area (Å²) in [4.78, 5) is 33.6. The van der Waals surface area contributed by atoms with Gasteiger partial charge >= 0.3 is 11.9 Å². The lowest BCUT2D eigenvalue weighted by Gasteiger charge is -2.27. The Morgan fingerprint density at radius 3 is 1.66 bits per heavy atom. The van der Waals surface area contributed by atoms with Gasteiger partial charge in [0.15, 0.2) is 0 Å². The van der Waals surface area contributed by atoms with E-state index < -0.39 is 0 Å². The average Bonchev–Trinajstić information content (AvgIpc) is 3.06. The van der Waals surface area contributed by atoms with E-state index in [1.807, 2.05) is 24.3 Å². The molecule has 2 aromatic carbocycles. The number of esters is 2. The number of anilines is 1. The van der Waals surface area contributed by atoms with Crippen molar-refractivity contribution in [3.63, 3.8) is 0 Å². The fourth-order valence-electron chi connectivity index (χ4n) is 6.26. The number of methoxy groups -OCH3 is 2. The number of nitro benzene ring substituents is 1. The normalized spacial score (nSPS) is 21.4. The highest BCUT2D eigenvalue weighted by Gasteiger charge is 2.27. The van der Waals surface area contributed by atoms with Crippen molar-refractivity contribution >= 4 is 23.3 Å². The lowest BCUT2D eigenvalue weighted by Crippen LogP contribution is -2.30. The molecule has 0 heterocycles. The molecule has 2 aliphatic rings. The Morgan fingerprint density at radius 1 is 0.773 bits per heavy atom. The van der Waals surface area contributed by atoms with E-state index in [9.17, 15) is 19.7 Å². The maximum atomic E-state index is 11.5. The summed E-state index contributed by atoms with van der Waals surface area (Å²) in [6, 6.07) is 14.9. The molecule has 10 heteroatoms. The Hall–Kier alpha value is -3.50. The van der Waals surface area contributed by atoms with Gasteiger partial charge in [0.1, 0.15) is 0 Å². The topological polar surface area (TPSA) is 146 Å². The van der Waals surface area contributed by atoms with Crippen molar-refractivity contribution < 1.29 is 25.4 Å². The van der Waals surface area contributed by atoms with Crippen LogP contribution in [0.2, 0.25) is 0 Å². The van der Waals surface area contributed by atoms with Crippen molar-refractivity contribution in [2.45, 2.75) is 64.2 Å². The summed E-state index contributed by atoms with van der Waals surface area (Å²) in [5, 5.41) is 17.9. The van der Waals surface area contributed by atoms with Crippen molar-refractivity contribution in [2.24, 2.45) is 23.7 Å². The van der Waals surface area contributed by atoms with Gasteiger partial charge in [0.25, 0.3) is 5.69 Å². The summed E-state index contributed by atoms with van der Waals surface area (Å²) in [5.74, 6) is 1.30. The smallest absolute Gasteiger partial charge is 0.308 e. The van der Waals surface area contributed by atoms with Crippen molar-refractivity contribution in [1.82, 2.24) is 10.6 Å². The number of nitrogens with zero attached hydrogens (tertiary/aromatic N) is 1. The molecule has 2 saturated carbocycles. The Bertz CT molecular complexity index is 1180. The highest BCUT2D eigenvalue weighted by Crippen LogP contribution is 2.30. The molecule has 0 amide bonds. The molecule has 0 saturated heterocycles. The molecule has 2 aliphatic carbocycles. The first-order chi connectivity index (χ1) is 21.3. The fourth-order valence-corrected chi connectivity index (χ4v) is 6.26. The number of benzene rings is 2. The van der Waals surface area contributed by atoms with Gasteiger partial charge in [-0.3, -0.25) is 19.7 Å². The molecule has 0 unspecified atom stereocenters. The van der Waals surface area contributed by atoms with E-state index in [0.29, 0.717) is 18.3 Å². The summed E-state index contributed by atoms with van der Waals surface area (Å²) in [6.45, 7) is 3.60. The van der Waals surface area contributed by atoms with Crippen molar-refractivity contribution in [2.75, 3.05) is 46.1 Å². The van der Waals surface area contributed by atoms with Gasteiger partial charge in [-0.05, 0) is 114 Å². The Kier molecular flexibility index (Phi) is 15.1. The van der Waals surface area contributed by atoms with Crippen LogP contribution in [0.1, 0.15) is 63.9 Å². The summed E-state index contributed by atoms with van der Waals surface area (Å²) in [5.41, 5.74) is 8.96. The van der Waals surface area contributed by atoms with Gasteiger partial charge in [-0.15, -0.1) is 0 Å². The number of hydrogen-bond donors (Lipinski definition) is 3. The van der Waals surface area contributed by atoms with Gasteiger partial charge in [-0.1, -0.05) is 36.4 Å². The van der Waals surface area contributed by atoms with Gasteiger partial charge in [-0.25, -0.2) is 0 Å². The largest absolute Gasteiger partial charge is 0.469 e. The summed E-state index contributed by atoms with van der Waals surface area (Å²) in [6.07, 6.45) is 9.59. The molecule has 0 atom stereocenters. The zero-order valence-electron chi connectivity index (χ0n) is 26.3. The highest BCUT2D eigenvalue weighted by molar-refractivity contribution is 5.72. The van der Waals surface area contributed by atoms with E-state index in [4.69, 9.17) is 15.2 Å². The first-order valence-electron chi connectivity index (χ1n) is 15.9. The van der Waals surface area contributed by atoms with Crippen LogP contribution in [0.25, 0.3) is 0 Å². The van der Waals surface area contributed by atoms with Crippen LogP contribution in [0.5, 0.6) is 0 Å². The SMILES string of the molecule is COC(=O)C1CCC(CNCCc2ccccc2N)CC1.COC(=O)C1CCC(CNCCc2ccccc2[N+](=O)[O-])CC1.[HH]. The molecule has 44 heavy (non-hydrogen) atoms. The Labute approximate surface area is 263 Å². The molecule has 0 radical (unpaired) electrons. The van der Waals surface area contributed by atoms with E-state index in [0.717, 1.165) is 95.2 Å². The number of ether oxygens (including phenoxy) is 2. The molecule has 10 nitrogen and oxygen atoms in total. The molecule has 0 bridgehead atoms. The summed E-state index contributed by atoms with van der Waals surface area (Å²) < 4.78 is 9.61. The first kappa shape index (κ1) is 35.0. The van der Waals surface area contributed by atoms with E-state index >= 15 is 0 Å². The van der Waals surface area contributed by atoms with Crippen LogP contribution in [0.3, 0.4) is 0 Å². The Morgan fingerprint density at radius 2 is 1.20 bits per heavy atom. The van der Waals surface area contributed by atoms with Gasteiger partial charge < -0.3 is 25.8 Å². The van der Waals surface area contributed by atoms with Crippen LogP contribution >= 0.6 is 0 Å². The molecule has 244 valence electrons. The quantitative estimate of drug-likeness (QED) is 0.0898. The fraction of sp³-hybridized carbons (Fsp3) is 0.588. The minimum atomic E-state index is -0.330. The molecule has 4 rings (SSSR count). The van der Waals surface area contributed by atoms with Crippen LogP contribution in [0, 0.1) is 33.8 Å². The molecule has 0 aromatic heterocycles. The molecule has 4 N–H and O–H groups in total. The second-order valence-electron chi connectivity index (χ2n) is 12.0. The monoisotopic (exact) mass is 612 g/mol. The van der Waals surface area contributed by atoms with Crippen LogP contribution in [0.4, 0.5) is 11.4 Å². The number of nitrogen functional groups attached to an aromatic ring is 1. The average molecular weight is 613 g/mol. The van der Waals surface area contributed by atoms with E-state index in [1.165, 1.54) is 19.8 Å². The number of carbonyl (C=O) groups is 2. The number of para-hydroxylation sites is 2. The highest BCUT2D eigenvalue weighted by atomic mass is 16.6. The Balaban J connectivity index is 0.000000308. The van der Waals surface area contributed by atoms with Crippen LogP contribution in [-0.2, 0) is 31.9 Å². The molecular formula is C34H52N4O6. The maximum Gasteiger partial charge on any atom is 0.308 e. The van der Waals surface area contributed by atoms with Gasteiger partial charge in [-0.2, -0.15) is 0 Å². The maximum absolute atomic E-state index is 11.5. The van der Waals surface area contributed by atoms with Gasteiger partial charge in [0, 0.05) is 18.7 Å². The summed E-state index contributed by atoms with van der Waals surface area (Å²) >= 11 is 0. The molecule has 2 aromatic rings. The van der Waals surface area contributed by atoms with E-state index in [1.54, 1.807) is 18.2 Å². The second kappa shape index (κ2) is 19.0. The zero-order chi connectivity index (χ0) is 31.7. The minimum absolute atomic E-state index is 0. The lowest BCUT2D eigenvalue weighted by atomic mass is 9.82. The predicted molar refractivity (Wildman–Crippen MR) is 174 cm³/mol. The van der Waals surface area contributed by atoms with E-state index in [-0.39, 0.29) is 35.8 Å². The lowest BCUT2D eigenvalue weighted by molar-refractivity contribution is -0.385. The van der Waals surface area contributed by atoms with Crippen LogP contribution in [-0.4, -0.2) is 57.3 Å². The van der Waals surface area contributed by atoms with E-state index in [2.05, 4.69) is 16.7 Å². The second-order valence-corrected chi connectivity index (χ2v) is 12.0. The van der Waals surface area contributed by atoms with Gasteiger partial charge in [0.05, 0.1) is 31.0 Å². The standard InChI is InChI=1S/C17H24N2O4.C17H26N2O2.H2/c1-23-17(20)15-8-6-13(7-9-15)12-18-11-10-14-4-2-3-5-16(14)19(21)22;1-21-17(20)15-8-6-13(7-9-15)12-19-11-10-14-4-2-3-5-16(14)18;/h2-5,13,15,18H,6-12H2,1H3;2-5,13,15,19H,6-12,18H2,1H3;1H. The molecular weight excluding hydrogens is 560 g/mol. The number of rotatable bonds is 13. The summed E-state index contributed by atoms with van der Waals surface area (Å²) in [7, 11) is 2.92. The predicted octanol–water partition coefficient (Wildman–Crippen LogP) is 5.33. The third-order valence-electron chi connectivity index (χ3n) is 9.01. The third kappa shape index (κ3) is 11.5. The zero-order valence-corrected chi connectivity index (χ0v) is 26.3. The number of hydrogen-bond acceptors (Lipinski definition) is 9. The molecule has 2 fully saturated rings. The molecule has 0 aliphatic heterocycles.